The number of rotatable bonds is 5. The molecule has 5 heteroatoms. The van der Waals surface area contributed by atoms with Crippen LogP contribution in [0.4, 0.5) is 0 Å². The second kappa shape index (κ2) is 6.51. The molecule has 5 nitrogen and oxygen atoms in total. The van der Waals surface area contributed by atoms with Crippen molar-refractivity contribution in [2.45, 2.75) is 37.7 Å². The standard InChI is InChI=1S/C11H23NO4/c1-4-7-8(5-13)16-9(6-14-2)10(12)11(7)15-3/h7-11,13H,4-6,12H2,1-3H3. The number of nitrogens with two attached hydrogens (primary N) is 1. The quantitative estimate of drug-likeness (QED) is 0.685. The lowest BCUT2D eigenvalue weighted by atomic mass is 9.84. The van der Waals surface area contributed by atoms with Crippen LogP contribution in [0.2, 0.25) is 0 Å². The molecule has 1 rings (SSSR count). The molecule has 0 amide bonds. The van der Waals surface area contributed by atoms with Crippen LogP contribution in [0.15, 0.2) is 0 Å². The Bertz CT molecular complexity index is 202. The molecule has 1 aliphatic heterocycles. The lowest BCUT2D eigenvalue weighted by molar-refractivity contribution is -0.181. The molecular formula is C11H23NO4. The molecule has 1 heterocycles. The maximum Gasteiger partial charge on any atom is 0.0989 e. The third kappa shape index (κ3) is 2.73. The fourth-order valence-corrected chi connectivity index (χ4v) is 2.44. The van der Waals surface area contributed by atoms with Gasteiger partial charge in [0.1, 0.15) is 0 Å². The Morgan fingerprint density at radius 3 is 2.44 bits per heavy atom. The topological polar surface area (TPSA) is 73.9 Å². The van der Waals surface area contributed by atoms with Gasteiger partial charge < -0.3 is 25.1 Å². The smallest absolute Gasteiger partial charge is 0.0989 e. The van der Waals surface area contributed by atoms with E-state index in [0.717, 1.165) is 6.42 Å². The Morgan fingerprint density at radius 1 is 1.31 bits per heavy atom. The Morgan fingerprint density at radius 2 is 2.00 bits per heavy atom. The zero-order chi connectivity index (χ0) is 12.1. The third-order valence-electron chi connectivity index (χ3n) is 3.31. The number of aliphatic hydroxyl groups excluding tert-OH is 1. The van der Waals surface area contributed by atoms with E-state index in [1.807, 2.05) is 6.92 Å². The zero-order valence-corrected chi connectivity index (χ0v) is 10.3. The minimum Gasteiger partial charge on any atom is -0.394 e. The van der Waals surface area contributed by atoms with E-state index in [-0.39, 0.29) is 36.9 Å². The van der Waals surface area contributed by atoms with Crippen molar-refractivity contribution < 1.29 is 19.3 Å². The molecule has 0 saturated carbocycles. The summed E-state index contributed by atoms with van der Waals surface area (Å²) in [7, 11) is 3.26. The zero-order valence-electron chi connectivity index (χ0n) is 10.3. The largest absolute Gasteiger partial charge is 0.394 e. The van der Waals surface area contributed by atoms with Gasteiger partial charge >= 0.3 is 0 Å². The van der Waals surface area contributed by atoms with Gasteiger partial charge in [-0.25, -0.2) is 0 Å². The van der Waals surface area contributed by atoms with E-state index < -0.39 is 0 Å². The van der Waals surface area contributed by atoms with Crippen LogP contribution in [0, 0.1) is 5.92 Å². The molecule has 3 N–H and O–H groups in total. The molecule has 0 aromatic carbocycles. The van der Waals surface area contributed by atoms with Gasteiger partial charge in [-0.05, 0) is 6.42 Å². The summed E-state index contributed by atoms with van der Waals surface area (Å²) in [4.78, 5) is 0. The highest BCUT2D eigenvalue weighted by Gasteiger charge is 2.43. The molecule has 16 heavy (non-hydrogen) atoms. The van der Waals surface area contributed by atoms with Crippen molar-refractivity contribution >= 4 is 0 Å². The van der Waals surface area contributed by atoms with Crippen LogP contribution in [0.5, 0.6) is 0 Å². The van der Waals surface area contributed by atoms with Gasteiger partial charge in [-0.15, -0.1) is 0 Å². The van der Waals surface area contributed by atoms with Gasteiger partial charge in [-0.2, -0.15) is 0 Å². The lowest BCUT2D eigenvalue weighted by Crippen LogP contribution is -2.60. The van der Waals surface area contributed by atoms with Crippen molar-refractivity contribution in [2.24, 2.45) is 11.7 Å². The first-order valence-corrected chi connectivity index (χ1v) is 5.73. The number of methoxy groups -OCH3 is 2. The first-order chi connectivity index (χ1) is 7.69. The Balaban J connectivity index is 2.76. The van der Waals surface area contributed by atoms with Crippen LogP contribution in [0.1, 0.15) is 13.3 Å². The summed E-state index contributed by atoms with van der Waals surface area (Å²) < 4.78 is 16.3. The van der Waals surface area contributed by atoms with Crippen LogP contribution < -0.4 is 5.73 Å². The molecule has 0 radical (unpaired) electrons. The van der Waals surface area contributed by atoms with E-state index >= 15 is 0 Å². The Hall–Kier alpha value is -0.200. The number of hydrogen-bond acceptors (Lipinski definition) is 5. The van der Waals surface area contributed by atoms with Crippen LogP contribution in [0.25, 0.3) is 0 Å². The predicted octanol–water partition coefficient (Wildman–Crippen LogP) is -0.239. The van der Waals surface area contributed by atoms with Gasteiger partial charge in [0, 0.05) is 20.1 Å². The minimum atomic E-state index is -0.213. The van der Waals surface area contributed by atoms with Crippen LogP contribution in [-0.4, -0.2) is 56.9 Å². The monoisotopic (exact) mass is 233 g/mol. The molecule has 96 valence electrons. The van der Waals surface area contributed by atoms with Crippen molar-refractivity contribution in [3.05, 3.63) is 0 Å². The second-order valence-corrected chi connectivity index (χ2v) is 4.20. The van der Waals surface area contributed by atoms with Crippen molar-refractivity contribution in [1.29, 1.82) is 0 Å². The molecule has 0 spiro atoms. The van der Waals surface area contributed by atoms with Crippen molar-refractivity contribution in [1.82, 2.24) is 0 Å². The van der Waals surface area contributed by atoms with Gasteiger partial charge in [0.2, 0.25) is 0 Å². The molecule has 5 unspecified atom stereocenters. The van der Waals surface area contributed by atoms with E-state index in [4.69, 9.17) is 19.9 Å². The molecule has 0 aliphatic carbocycles. The van der Waals surface area contributed by atoms with Crippen molar-refractivity contribution in [3.8, 4) is 0 Å². The average Bonchev–Trinajstić information content (AvgIpc) is 2.31. The molecule has 0 aromatic rings. The summed E-state index contributed by atoms with van der Waals surface area (Å²) in [6.07, 6.45) is 0.359. The molecule has 0 aromatic heterocycles. The molecule has 1 saturated heterocycles. The number of ether oxygens (including phenoxy) is 3. The van der Waals surface area contributed by atoms with E-state index in [0.29, 0.717) is 6.61 Å². The highest BCUT2D eigenvalue weighted by atomic mass is 16.6. The second-order valence-electron chi connectivity index (χ2n) is 4.20. The van der Waals surface area contributed by atoms with E-state index in [1.165, 1.54) is 0 Å². The summed E-state index contributed by atoms with van der Waals surface area (Å²) in [5.41, 5.74) is 6.09. The summed E-state index contributed by atoms with van der Waals surface area (Å²) in [6, 6.07) is -0.210. The fraction of sp³-hybridized carbons (Fsp3) is 1.00. The average molecular weight is 233 g/mol. The van der Waals surface area contributed by atoms with Crippen LogP contribution in [0.3, 0.4) is 0 Å². The van der Waals surface area contributed by atoms with Crippen LogP contribution >= 0.6 is 0 Å². The summed E-state index contributed by atoms with van der Waals surface area (Å²) in [5.74, 6) is 0.137. The Labute approximate surface area is 96.9 Å². The number of aliphatic hydroxyl groups is 1. The number of hydrogen-bond donors (Lipinski definition) is 2. The third-order valence-corrected chi connectivity index (χ3v) is 3.31. The summed E-state index contributed by atoms with van der Waals surface area (Å²) in [5, 5.41) is 9.32. The van der Waals surface area contributed by atoms with E-state index in [1.54, 1.807) is 14.2 Å². The van der Waals surface area contributed by atoms with E-state index in [9.17, 15) is 5.11 Å². The predicted molar refractivity (Wildman–Crippen MR) is 60.2 cm³/mol. The highest BCUT2D eigenvalue weighted by molar-refractivity contribution is 4.94. The molecule has 0 bridgehead atoms. The lowest BCUT2D eigenvalue weighted by Gasteiger charge is -2.44. The van der Waals surface area contributed by atoms with Gasteiger partial charge in [0.05, 0.1) is 37.6 Å². The van der Waals surface area contributed by atoms with Gasteiger partial charge in [0.25, 0.3) is 0 Å². The molecule has 5 atom stereocenters. The maximum atomic E-state index is 9.32. The summed E-state index contributed by atoms with van der Waals surface area (Å²) >= 11 is 0. The molecule has 1 fully saturated rings. The first kappa shape index (κ1) is 13.9. The van der Waals surface area contributed by atoms with Gasteiger partial charge in [-0.3, -0.25) is 0 Å². The van der Waals surface area contributed by atoms with Crippen molar-refractivity contribution in [2.75, 3.05) is 27.4 Å². The SMILES string of the molecule is CCC1C(CO)OC(COC)C(N)C1OC. The van der Waals surface area contributed by atoms with E-state index in [2.05, 4.69) is 0 Å². The first-order valence-electron chi connectivity index (χ1n) is 5.73. The fourth-order valence-electron chi connectivity index (χ4n) is 2.44. The van der Waals surface area contributed by atoms with Gasteiger partial charge in [0.15, 0.2) is 0 Å². The molecule has 1 aliphatic rings. The molecular weight excluding hydrogens is 210 g/mol. The van der Waals surface area contributed by atoms with Crippen molar-refractivity contribution in [3.63, 3.8) is 0 Å². The summed E-state index contributed by atoms with van der Waals surface area (Å²) in [6.45, 7) is 2.46. The minimum absolute atomic E-state index is 0.00863. The van der Waals surface area contributed by atoms with Gasteiger partial charge in [-0.1, -0.05) is 6.92 Å². The van der Waals surface area contributed by atoms with Crippen LogP contribution in [-0.2, 0) is 14.2 Å². The normalized spacial score (nSPS) is 39.9. The maximum absolute atomic E-state index is 9.32. The Kier molecular flexibility index (Phi) is 5.64. The highest BCUT2D eigenvalue weighted by Crippen LogP contribution is 2.29.